The van der Waals surface area contributed by atoms with E-state index >= 15 is 0 Å². The fraction of sp³-hybridized carbons (Fsp3) is 0.276. The molecule has 232 valence electrons. The van der Waals surface area contributed by atoms with Crippen LogP contribution in [0, 0.1) is 5.82 Å². The second kappa shape index (κ2) is 13.8. The maximum atomic E-state index is 15.0. The molecule has 0 fully saturated rings. The lowest BCUT2D eigenvalue weighted by molar-refractivity contribution is -0.137. The van der Waals surface area contributed by atoms with Gasteiger partial charge in [0.25, 0.3) is 5.91 Å². The zero-order valence-electron chi connectivity index (χ0n) is 24.2. The Labute approximate surface area is 256 Å². The summed E-state index contributed by atoms with van der Waals surface area (Å²) in [6.45, 7) is 1.14. The van der Waals surface area contributed by atoms with Gasteiger partial charge in [-0.3, -0.25) is 4.79 Å². The Balaban J connectivity index is 1.65. The first kappa shape index (κ1) is 32.4. The first-order chi connectivity index (χ1) is 20.9. The van der Waals surface area contributed by atoms with Crippen LogP contribution in [0.2, 0.25) is 5.02 Å². The Kier molecular flexibility index (Phi) is 10.2. The highest BCUT2D eigenvalue weighted by Gasteiger charge is 2.33. The van der Waals surface area contributed by atoms with Crippen molar-refractivity contribution in [1.82, 2.24) is 24.8 Å². The number of carbonyl (C=O) groups is 1. The minimum absolute atomic E-state index is 0.0301. The van der Waals surface area contributed by atoms with E-state index in [0.717, 1.165) is 24.3 Å². The average Bonchev–Trinajstić information content (AvgIpc) is 2.97. The first-order valence-electron chi connectivity index (χ1n) is 13.2. The Hall–Kier alpha value is -4.56. The number of rotatable bonds is 11. The Bertz CT molecular complexity index is 1640. The highest BCUT2D eigenvalue weighted by atomic mass is 35.5. The standard InChI is InChI=1S/C29H29ClF4N8O2/c1-35-28-38-16-37-25(40-28)19-7-5-10-36-27(19)44-18-8-9-22(31)20(15-18)26(43)39-23-14-17(29(32,33)34)13-21(30)24(23)42(4)12-6-11-41(2)3/h5,7-10,13-16H,6,11-12H2,1-4H3,(H,39,43)(H,35,37,38,40). The number of nitrogens with zero attached hydrogens (tertiary/aromatic N) is 6. The first-order valence-corrected chi connectivity index (χ1v) is 13.6. The SMILES string of the molecule is CNc1ncnc(-c2cccnc2Oc2ccc(F)c(C(=O)Nc3cc(C(F)(F)F)cc(Cl)c3N(C)CCCN(C)C)c2)n1. The number of nitrogens with one attached hydrogen (secondary N) is 2. The molecule has 0 atom stereocenters. The van der Waals surface area contributed by atoms with Gasteiger partial charge in [-0.1, -0.05) is 11.6 Å². The van der Waals surface area contributed by atoms with Crippen LogP contribution >= 0.6 is 11.6 Å². The minimum Gasteiger partial charge on any atom is -0.438 e. The van der Waals surface area contributed by atoms with Gasteiger partial charge in [0.1, 0.15) is 17.9 Å². The lowest BCUT2D eigenvalue weighted by atomic mass is 10.1. The van der Waals surface area contributed by atoms with Gasteiger partial charge in [0.2, 0.25) is 11.8 Å². The van der Waals surface area contributed by atoms with E-state index in [4.69, 9.17) is 16.3 Å². The highest BCUT2D eigenvalue weighted by molar-refractivity contribution is 6.34. The summed E-state index contributed by atoms with van der Waals surface area (Å²) in [5.74, 6) is -1.29. The second-order valence-corrected chi connectivity index (χ2v) is 10.3. The number of alkyl halides is 3. The maximum Gasteiger partial charge on any atom is 0.416 e. The summed E-state index contributed by atoms with van der Waals surface area (Å²) in [6, 6.07) is 8.26. The van der Waals surface area contributed by atoms with Gasteiger partial charge < -0.3 is 25.2 Å². The molecule has 0 radical (unpaired) electrons. The molecule has 15 heteroatoms. The van der Waals surface area contributed by atoms with Gasteiger partial charge in [-0.05, 0) is 69.5 Å². The van der Waals surface area contributed by atoms with Crippen molar-refractivity contribution < 1.29 is 27.1 Å². The number of halogens is 5. The number of hydrogen-bond acceptors (Lipinski definition) is 9. The number of carbonyl (C=O) groups excluding carboxylic acids is 1. The van der Waals surface area contributed by atoms with Crippen molar-refractivity contribution in [2.75, 3.05) is 56.8 Å². The van der Waals surface area contributed by atoms with Gasteiger partial charge in [0.15, 0.2) is 5.82 Å². The van der Waals surface area contributed by atoms with Gasteiger partial charge in [-0.2, -0.15) is 18.2 Å². The maximum absolute atomic E-state index is 15.0. The predicted molar refractivity (Wildman–Crippen MR) is 160 cm³/mol. The quantitative estimate of drug-likeness (QED) is 0.186. The Morgan fingerprint density at radius 1 is 1.05 bits per heavy atom. The van der Waals surface area contributed by atoms with E-state index in [-0.39, 0.29) is 33.9 Å². The molecule has 44 heavy (non-hydrogen) atoms. The average molecular weight is 633 g/mol. The van der Waals surface area contributed by atoms with Crippen molar-refractivity contribution in [2.45, 2.75) is 12.6 Å². The summed E-state index contributed by atoms with van der Waals surface area (Å²) in [4.78, 5) is 33.6. The summed E-state index contributed by atoms with van der Waals surface area (Å²) < 4.78 is 61.8. The molecule has 0 saturated heterocycles. The summed E-state index contributed by atoms with van der Waals surface area (Å²) in [6.07, 6.45) is -1.31. The number of aromatic nitrogens is 4. The molecule has 4 aromatic rings. The highest BCUT2D eigenvalue weighted by Crippen LogP contribution is 2.41. The van der Waals surface area contributed by atoms with E-state index in [1.165, 1.54) is 18.6 Å². The molecule has 0 bridgehead atoms. The van der Waals surface area contributed by atoms with Crippen molar-refractivity contribution in [2.24, 2.45) is 0 Å². The second-order valence-electron chi connectivity index (χ2n) is 9.87. The summed E-state index contributed by atoms with van der Waals surface area (Å²) >= 11 is 6.32. The molecule has 2 heterocycles. The number of ether oxygens (including phenoxy) is 1. The third kappa shape index (κ3) is 7.88. The van der Waals surface area contributed by atoms with Crippen LogP contribution < -0.4 is 20.3 Å². The smallest absolute Gasteiger partial charge is 0.416 e. The summed E-state index contributed by atoms with van der Waals surface area (Å²) in [7, 11) is 7.07. The fourth-order valence-electron chi connectivity index (χ4n) is 4.21. The number of amides is 1. The van der Waals surface area contributed by atoms with Gasteiger partial charge in [-0.15, -0.1) is 0 Å². The lowest BCUT2D eigenvalue weighted by Gasteiger charge is -2.26. The number of benzene rings is 2. The van der Waals surface area contributed by atoms with Crippen molar-refractivity contribution in [3.8, 4) is 23.0 Å². The molecular weight excluding hydrogens is 604 g/mol. The summed E-state index contributed by atoms with van der Waals surface area (Å²) in [5, 5.41) is 5.01. The van der Waals surface area contributed by atoms with Crippen LogP contribution in [0.5, 0.6) is 11.6 Å². The molecule has 4 rings (SSSR count). The molecule has 0 saturated carbocycles. The van der Waals surface area contributed by atoms with E-state index in [9.17, 15) is 22.4 Å². The molecule has 2 aromatic carbocycles. The van der Waals surface area contributed by atoms with E-state index in [2.05, 4.69) is 30.6 Å². The molecule has 2 aromatic heterocycles. The molecule has 1 amide bonds. The van der Waals surface area contributed by atoms with Crippen LogP contribution in [-0.4, -0.2) is 72.0 Å². The van der Waals surface area contributed by atoms with Crippen molar-refractivity contribution in [3.63, 3.8) is 0 Å². The zero-order valence-corrected chi connectivity index (χ0v) is 25.0. The zero-order chi connectivity index (χ0) is 32.0. The van der Waals surface area contributed by atoms with Crippen LogP contribution in [0.1, 0.15) is 22.3 Å². The van der Waals surface area contributed by atoms with Crippen molar-refractivity contribution in [3.05, 3.63) is 77.0 Å². The molecular formula is C29H29ClF4N8O2. The fourth-order valence-corrected chi connectivity index (χ4v) is 4.58. The van der Waals surface area contributed by atoms with Crippen molar-refractivity contribution >= 4 is 34.8 Å². The third-order valence-electron chi connectivity index (χ3n) is 6.32. The minimum atomic E-state index is -4.74. The lowest BCUT2D eigenvalue weighted by Crippen LogP contribution is -2.25. The normalized spacial score (nSPS) is 11.4. The van der Waals surface area contributed by atoms with Crippen LogP contribution in [0.4, 0.5) is 34.9 Å². The largest absolute Gasteiger partial charge is 0.438 e. The summed E-state index contributed by atoms with van der Waals surface area (Å²) in [5.41, 5.74) is -1.22. The molecule has 0 aliphatic rings. The molecule has 0 aliphatic carbocycles. The van der Waals surface area contributed by atoms with Gasteiger partial charge >= 0.3 is 6.18 Å². The number of anilines is 3. The van der Waals surface area contributed by atoms with Crippen LogP contribution in [-0.2, 0) is 6.18 Å². The Morgan fingerprint density at radius 3 is 2.52 bits per heavy atom. The van der Waals surface area contributed by atoms with E-state index in [1.54, 1.807) is 31.1 Å². The predicted octanol–water partition coefficient (Wildman–Crippen LogP) is 6.22. The molecule has 0 spiro atoms. The molecule has 0 aliphatic heterocycles. The topological polar surface area (TPSA) is 108 Å². The molecule has 10 nitrogen and oxygen atoms in total. The van der Waals surface area contributed by atoms with Gasteiger partial charge in [-0.25, -0.2) is 19.3 Å². The van der Waals surface area contributed by atoms with Gasteiger partial charge in [0, 0.05) is 26.8 Å². The van der Waals surface area contributed by atoms with E-state index < -0.39 is 29.0 Å². The molecule has 2 N–H and O–H groups in total. The van der Waals surface area contributed by atoms with E-state index in [0.29, 0.717) is 31.0 Å². The number of hydrogen-bond donors (Lipinski definition) is 2. The third-order valence-corrected chi connectivity index (χ3v) is 6.61. The van der Waals surface area contributed by atoms with Crippen molar-refractivity contribution in [1.29, 1.82) is 0 Å². The van der Waals surface area contributed by atoms with Crippen LogP contribution in [0.25, 0.3) is 11.4 Å². The van der Waals surface area contributed by atoms with E-state index in [1.807, 2.05) is 19.0 Å². The Morgan fingerprint density at radius 2 is 1.82 bits per heavy atom. The van der Waals surface area contributed by atoms with Gasteiger partial charge in [0.05, 0.1) is 33.1 Å². The monoisotopic (exact) mass is 632 g/mol. The van der Waals surface area contributed by atoms with Crippen LogP contribution in [0.3, 0.4) is 0 Å². The van der Waals surface area contributed by atoms with Crippen LogP contribution in [0.15, 0.2) is 55.0 Å². The number of pyridine rings is 1. The molecule has 0 unspecified atom stereocenters.